The van der Waals surface area contributed by atoms with E-state index in [1.54, 1.807) is 0 Å². The predicted octanol–water partition coefficient (Wildman–Crippen LogP) is 26.0. The van der Waals surface area contributed by atoms with Gasteiger partial charge in [0.2, 0.25) is 0 Å². The van der Waals surface area contributed by atoms with Crippen LogP contribution in [0.3, 0.4) is 0 Å². The van der Waals surface area contributed by atoms with Crippen molar-refractivity contribution in [2.75, 3.05) is 39.6 Å². The molecular formula is C85H166O17P2. The summed E-state index contributed by atoms with van der Waals surface area (Å²) in [6.07, 6.45) is 70.9. The van der Waals surface area contributed by atoms with Gasteiger partial charge in [-0.2, -0.15) is 0 Å². The zero-order valence-corrected chi connectivity index (χ0v) is 70.0. The summed E-state index contributed by atoms with van der Waals surface area (Å²) in [6, 6.07) is 0. The fourth-order valence-corrected chi connectivity index (χ4v) is 14.9. The Bertz CT molecular complexity index is 1980. The van der Waals surface area contributed by atoms with E-state index in [4.69, 9.17) is 37.0 Å². The molecule has 0 aliphatic heterocycles. The Morgan fingerprint density at radius 1 is 0.260 bits per heavy atom. The van der Waals surface area contributed by atoms with Crippen molar-refractivity contribution in [3.8, 4) is 0 Å². The van der Waals surface area contributed by atoms with Gasteiger partial charge in [-0.1, -0.05) is 407 Å². The number of esters is 4. The minimum Gasteiger partial charge on any atom is -0.462 e. The van der Waals surface area contributed by atoms with E-state index in [0.29, 0.717) is 25.7 Å². The molecule has 17 nitrogen and oxygen atoms in total. The van der Waals surface area contributed by atoms with Gasteiger partial charge in [-0.3, -0.25) is 37.3 Å². The first kappa shape index (κ1) is 102. The van der Waals surface area contributed by atoms with Crippen LogP contribution in [0.2, 0.25) is 0 Å². The Labute approximate surface area is 638 Å². The molecule has 104 heavy (non-hydrogen) atoms. The van der Waals surface area contributed by atoms with Crippen LogP contribution in [0.5, 0.6) is 0 Å². The third-order valence-electron chi connectivity index (χ3n) is 20.0. The van der Waals surface area contributed by atoms with Gasteiger partial charge in [-0.25, -0.2) is 9.13 Å². The molecule has 19 heteroatoms. The van der Waals surface area contributed by atoms with Crippen molar-refractivity contribution in [2.45, 2.75) is 477 Å². The topological polar surface area (TPSA) is 237 Å². The Kier molecular flexibility index (Phi) is 76.3. The first-order chi connectivity index (χ1) is 50.5. The Morgan fingerprint density at radius 3 is 0.654 bits per heavy atom. The fourth-order valence-electron chi connectivity index (χ4n) is 13.3. The highest BCUT2D eigenvalue weighted by molar-refractivity contribution is 7.47. The second-order valence-electron chi connectivity index (χ2n) is 31.1. The smallest absolute Gasteiger partial charge is 0.462 e. The van der Waals surface area contributed by atoms with Crippen LogP contribution in [-0.4, -0.2) is 96.7 Å². The molecule has 3 N–H and O–H groups in total. The maximum Gasteiger partial charge on any atom is 0.472 e. The van der Waals surface area contributed by atoms with Gasteiger partial charge in [0.25, 0.3) is 0 Å². The number of hydrogen-bond acceptors (Lipinski definition) is 15. The Hall–Kier alpha value is -1.94. The molecule has 0 saturated heterocycles. The minimum atomic E-state index is -4.96. The van der Waals surface area contributed by atoms with Crippen LogP contribution < -0.4 is 0 Å². The van der Waals surface area contributed by atoms with E-state index in [-0.39, 0.29) is 25.7 Å². The number of rotatable bonds is 85. The number of ether oxygens (including phenoxy) is 4. The number of aliphatic hydroxyl groups excluding tert-OH is 1. The van der Waals surface area contributed by atoms with Crippen molar-refractivity contribution in [2.24, 2.45) is 5.92 Å². The SMILES string of the molecule is CCCCCCCCCCCCCCCCCCCCCCC(=O)O[C@H](COC(=O)CCCCCCCCCCCCCCCCCCCC)COP(=O)(O)OC[C@@H](O)COP(=O)(O)OC[C@@H](COC(=O)CCCCCCCCCCC(C)C)OC(=O)CCCCCCCCCCCCCCCCC. The summed E-state index contributed by atoms with van der Waals surface area (Å²) in [5.74, 6) is -1.37. The van der Waals surface area contributed by atoms with Crippen LogP contribution in [0, 0.1) is 5.92 Å². The van der Waals surface area contributed by atoms with E-state index in [2.05, 4.69) is 34.6 Å². The molecule has 0 aliphatic rings. The molecule has 0 amide bonds. The van der Waals surface area contributed by atoms with Gasteiger partial charge in [-0.05, 0) is 31.6 Å². The van der Waals surface area contributed by atoms with Crippen LogP contribution in [0.25, 0.3) is 0 Å². The highest BCUT2D eigenvalue weighted by Gasteiger charge is 2.30. The van der Waals surface area contributed by atoms with Crippen LogP contribution in [0.4, 0.5) is 0 Å². The third-order valence-corrected chi connectivity index (χ3v) is 21.9. The van der Waals surface area contributed by atoms with E-state index in [1.807, 2.05) is 0 Å². The van der Waals surface area contributed by atoms with Gasteiger partial charge >= 0.3 is 39.5 Å². The van der Waals surface area contributed by atoms with E-state index < -0.39 is 97.5 Å². The van der Waals surface area contributed by atoms with Crippen molar-refractivity contribution >= 4 is 39.5 Å². The molecule has 0 saturated carbocycles. The van der Waals surface area contributed by atoms with Crippen molar-refractivity contribution in [3.63, 3.8) is 0 Å². The summed E-state index contributed by atoms with van der Waals surface area (Å²) in [5, 5.41) is 10.7. The lowest BCUT2D eigenvalue weighted by molar-refractivity contribution is -0.161. The molecule has 0 aliphatic carbocycles. The first-order valence-corrected chi connectivity index (χ1v) is 47.1. The maximum atomic E-state index is 13.1. The van der Waals surface area contributed by atoms with Gasteiger partial charge in [-0.15, -0.1) is 0 Å². The largest absolute Gasteiger partial charge is 0.472 e. The Balaban J connectivity index is 5.24. The summed E-state index contributed by atoms with van der Waals surface area (Å²) in [7, 11) is -9.93. The third kappa shape index (κ3) is 78.2. The number of carbonyl (C=O) groups is 4. The summed E-state index contributed by atoms with van der Waals surface area (Å²) in [6.45, 7) is 7.33. The van der Waals surface area contributed by atoms with Crippen LogP contribution in [0.1, 0.15) is 458 Å². The van der Waals surface area contributed by atoms with Gasteiger partial charge < -0.3 is 33.8 Å². The number of carbonyl (C=O) groups excluding carboxylic acids is 4. The summed E-state index contributed by atoms with van der Waals surface area (Å²) in [4.78, 5) is 73.2. The molecular weight excluding hydrogens is 1350 g/mol. The summed E-state index contributed by atoms with van der Waals surface area (Å²) in [5.41, 5.74) is 0. The summed E-state index contributed by atoms with van der Waals surface area (Å²) < 4.78 is 68.9. The molecule has 2 unspecified atom stereocenters. The van der Waals surface area contributed by atoms with Gasteiger partial charge in [0.15, 0.2) is 12.2 Å². The quantitative estimate of drug-likeness (QED) is 0.0222. The lowest BCUT2D eigenvalue weighted by atomic mass is 10.0. The number of phosphoric ester groups is 2. The van der Waals surface area contributed by atoms with Crippen molar-refractivity contribution in [3.05, 3.63) is 0 Å². The normalized spacial score (nSPS) is 13.8. The molecule has 0 radical (unpaired) electrons. The fraction of sp³-hybridized carbons (Fsp3) is 0.953. The van der Waals surface area contributed by atoms with Crippen molar-refractivity contribution in [1.82, 2.24) is 0 Å². The van der Waals surface area contributed by atoms with Crippen LogP contribution in [-0.2, 0) is 65.4 Å². The average molecular weight is 1520 g/mol. The molecule has 0 rings (SSSR count). The highest BCUT2D eigenvalue weighted by Crippen LogP contribution is 2.45. The average Bonchev–Trinajstić information content (AvgIpc) is 0.912. The highest BCUT2D eigenvalue weighted by atomic mass is 31.2. The lowest BCUT2D eigenvalue weighted by Crippen LogP contribution is -2.30. The van der Waals surface area contributed by atoms with E-state index in [9.17, 15) is 43.2 Å². The standard InChI is InChI=1S/C85H166O17P2/c1-6-9-12-15-18-21-24-27-30-32-34-35-37-40-43-46-49-56-61-66-71-84(89)101-80(74-95-82(87)68-63-58-53-47-44-41-39-36-33-31-28-25-22-19-16-13-10-7-2)76-99-103(91,92)97-72-79(86)73-98-104(93,94)100-77-81(75-96-83(88)69-64-59-54-51-50-52-57-62-67-78(4)5)102-85(90)70-65-60-55-48-45-42-38-29-26-23-20-17-14-11-8-3/h78-81,86H,6-77H2,1-5H3,(H,91,92)(H,93,94)/t79-,80-,81-/m1/s1. The summed E-state index contributed by atoms with van der Waals surface area (Å²) >= 11 is 0. The molecule has 0 aromatic carbocycles. The molecule has 0 bridgehead atoms. The van der Waals surface area contributed by atoms with Crippen LogP contribution >= 0.6 is 15.6 Å². The van der Waals surface area contributed by atoms with E-state index in [0.717, 1.165) is 95.8 Å². The molecule has 0 fully saturated rings. The van der Waals surface area contributed by atoms with Crippen LogP contribution in [0.15, 0.2) is 0 Å². The monoisotopic (exact) mass is 1520 g/mol. The Morgan fingerprint density at radius 2 is 0.442 bits per heavy atom. The van der Waals surface area contributed by atoms with Gasteiger partial charge in [0.1, 0.15) is 19.3 Å². The van der Waals surface area contributed by atoms with Gasteiger partial charge in [0.05, 0.1) is 26.4 Å². The zero-order chi connectivity index (χ0) is 76.2. The number of hydrogen-bond donors (Lipinski definition) is 3. The van der Waals surface area contributed by atoms with Crippen molar-refractivity contribution < 1.29 is 80.2 Å². The second kappa shape index (κ2) is 77.8. The van der Waals surface area contributed by atoms with Gasteiger partial charge in [0, 0.05) is 25.7 Å². The number of unbranched alkanes of at least 4 members (excludes halogenated alkanes) is 57. The number of aliphatic hydroxyl groups is 1. The zero-order valence-electron chi connectivity index (χ0n) is 68.2. The molecule has 0 heterocycles. The van der Waals surface area contributed by atoms with Crippen molar-refractivity contribution in [1.29, 1.82) is 0 Å². The first-order valence-electron chi connectivity index (χ1n) is 44.1. The molecule has 0 aromatic rings. The molecule has 5 atom stereocenters. The lowest BCUT2D eigenvalue weighted by Gasteiger charge is -2.21. The van der Waals surface area contributed by atoms with E-state index in [1.165, 1.54) is 283 Å². The maximum absolute atomic E-state index is 13.1. The number of phosphoric acid groups is 2. The predicted molar refractivity (Wildman–Crippen MR) is 428 cm³/mol. The second-order valence-corrected chi connectivity index (χ2v) is 34.0. The molecule has 0 spiro atoms. The minimum absolute atomic E-state index is 0.108. The van der Waals surface area contributed by atoms with E-state index >= 15 is 0 Å². The molecule has 0 aromatic heterocycles. The molecule has 618 valence electrons.